The molecule has 2 aliphatic heterocycles. The Morgan fingerprint density at radius 2 is 1.69 bits per heavy atom. The fourth-order valence-corrected chi connectivity index (χ4v) is 4.08. The predicted molar refractivity (Wildman–Crippen MR) is 120 cm³/mol. The number of likely N-dealkylation sites (N-methyl/N-ethyl adjacent to an activating group) is 1. The number of ether oxygens (including phenoxy) is 1. The molecular weight excluding hydrogens is 412 g/mol. The van der Waals surface area contributed by atoms with Crippen LogP contribution in [0, 0.1) is 0 Å². The van der Waals surface area contributed by atoms with Crippen LogP contribution in [0.5, 0.6) is 5.75 Å². The van der Waals surface area contributed by atoms with E-state index in [1.54, 1.807) is 7.11 Å². The molecule has 0 radical (unpaired) electrons. The number of nitrogens with zero attached hydrogens (tertiary/aromatic N) is 4. The van der Waals surface area contributed by atoms with Crippen molar-refractivity contribution in [3.63, 3.8) is 0 Å². The number of rotatable bonds is 5. The van der Waals surface area contributed by atoms with E-state index in [0.29, 0.717) is 24.2 Å². The maximum atomic E-state index is 9.55. The van der Waals surface area contributed by atoms with Crippen LogP contribution in [-0.4, -0.2) is 76.6 Å². The van der Waals surface area contributed by atoms with Crippen LogP contribution in [0.2, 0.25) is 0 Å². The van der Waals surface area contributed by atoms with E-state index in [4.69, 9.17) is 14.9 Å². The molecule has 0 spiro atoms. The fraction of sp³-hybridized carbons (Fsp3) is 0.391. The topological polar surface area (TPSA) is 116 Å². The molecule has 170 valence electrons. The number of aromatic nitrogens is 2. The third-order valence-corrected chi connectivity index (χ3v) is 5.80. The monoisotopic (exact) mass is 440 g/mol. The van der Waals surface area contributed by atoms with Gasteiger partial charge in [0.2, 0.25) is 0 Å². The Kier molecular flexibility index (Phi) is 7.77. The number of carbonyl (C=O) groups is 2. The van der Waals surface area contributed by atoms with Gasteiger partial charge in [-0.2, -0.15) is 0 Å². The minimum absolute atomic E-state index is 0.558. The van der Waals surface area contributed by atoms with E-state index < -0.39 is 11.9 Å². The lowest BCUT2D eigenvalue weighted by molar-refractivity contribution is -0.134. The molecule has 0 aliphatic carbocycles. The molecule has 1 aromatic heterocycles. The Morgan fingerprint density at radius 1 is 1.03 bits per heavy atom. The van der Waals surface area contributed by atoms with Gasteiger partial charge in [-0.3, -0.25) is 4.90 Å². The minimum Gasteiger partial charge on any atom is -0.497 e. The van der Waals surface area contributed by atoms with E-state index in [1.165, 1.54) is 19.3 Å². The third kappa shape index (κ3) is 6.04. The maximum absolute atomic E-state index is 9.55. The first-order valence-electron chi connectivity index (χ1n) is 10.5. The van der Waals surface area contributed by atoms with Crippen molar-refractivity contribution in [1.82, 2.24) is 15.1 Å². The van der Waals surface area contributed by atoms with E-state index >= 15 is 0 Å². The molecule has 32 heavy (non-hydrogen) atoms. The van der Waals surface area contributed by atoms with Gasteiger partial charge in [0.1, 0.15) is 5.75 Å². The average Bonchev–Trinajstić information content (AvgIpc) is 2.78. The first-order chi connectivity index (χ1) is 15.4. The molecule has 3 heterocycles. The van der Waals surface area contributed by atoms with Crippen molar-refractivity contribution in [2.75, 3.05) is 32.1 Å². The number of benzene rings is 1. The maximum Gasteiger partial charge on any atom is 0.328 e. The van der Waals surface area contributed by atoms with Gasteiger partial charge in [0.25, 0.3) is 0 Å². The highest BCUT2D eigenvalue weighted by Crippen LogP contribution is 2.30. The molecule has 2 fully saturated rings. The largest absolute Gasteiger partial charge is 0.497 e. The van der Waals surface area contributed by atoms with Crippen LogP contribution in [0.1, 0.15) is 19.3 Å². The van der Waals surface area contributed by atoms with Gasteiger partial charge in [0.05, 0.1) is 12.8 Å². The van der Waals surface area contributed by atoms with Gasteiger partial charge in [-0.1, -0.05) is 18.6 Å². The lowest BCUT2D eigenvalue weighted by Gasteiger charge is -2.48. The molecule has 1 aromatic carbocycles. The molecule has 4 rings (SSSR count). The van der Waals surface area contributed by atoms with Crippen molar-refractivity contribution in [3.8, 4) is 17.0 Å². The standard InChI is InChI=1S/C19H24N4O.C4H4O4/c1-22-15-6-4-7-16(22)13-23(12-15)19-10-9-18(20-21-19)14-5-3-8-17(11-14)24-2;5-3(6)1-2-4(7)8/h3,5,8-11,15-16H,4,6-7,12-13H2,1-2H3;1-2H,(H,5,6)(H,7,8)/b;2-1+. The van der Waals surface area contributed by atoms with Gasteiger partial charge in [-0.05, 0) is 44.2 Å². The highest BCUT2D eigenvalue weighted by atomic mass is 16.5. The summed E-state index contributed by atoms with van der Waals surface area (Å²) in [6.07, 6.45) is 5.05. The Morgan fingerprint density at radius 3 is 2.22 bits per heavy atom. The van der Waals surface area contributed by atoms with Crippen LogP contribution in [0.15, 0.2) is 48.6 Å². The minimum atomic E-state index is -1.26. The van der Waals surface area contributed by atoms with E-state index in [0.717, 1.165) is 35.9 Å². The normalized spacial score (nSPS) is 20.4. The van der Waals surface area contributed by atoms with Crippen LogP contribution >= 0.6 is 0 Å². The molecule has 0 saturated carbocycles. The summed E-state index contributed by atoms with van der Waals surface area (Å²) in [6.45, 7) is 2.11. The second-order valence-electron chi connectivity index (χ2n) is 7.83. The summed E-state index contributed by atoms with van der Waals surface area (Å²) in [5, 5.41) is 24.6. The predicted octanol–water partition coefficient (Wildman–Crippen LogP) is 2.54. The number of piperazine rings is 1. The van der Waals surface area contributed by atoms with Crippen LogP contribution in [-0.2, 0) is 9.59 Å². The van der Waals surface area contributed by atoms with Crippen LogP contribution in [0.3, 0.4) is 0 Å². The highest BCUT2D eigenvalue weighted by Gasteiger charge is 2.35. The third-order valence-electron chi connectivity index (χ3n) is 5.80. The van der Waals surface area contributed by atoms with E-state index in [-0.39, 0.29) is 0 Å². The fourth-order valence-electron chi connectivity index (χ4n) is 4.08. The zero-order valence-corrected chi connectivity index (χ0v) is 18.2. The Bertz CT molecular complexity index is 933. The average molecular weight is 441 g/mol. The zero-order valence-electron chi connectivity index (χ0n) is 18.2. The molecular formula is C23H28N4O5. The molecule has 9 nitrogen and oxygen atoms in total. The molecule has 0 amide bonds. The van der Waals surface area contributed by atoms with Crippen LogP contribution < -0.4 is 9.64 Å². The summed E-state index contributed by atoms with van der Waals surface area (Å²) in [5.41, 5.74) is 1.91. The number of hydrogen-bond acceptors (Lipinski definition) is 7. The zero-order chi connectivity index (χ0) is 23.1. The number of aliphatic carboxylic acids is 2. The molecule has 2 atom stereocenters. The van der Waals surface area contributed by atoms with Crippen LogP contribution in [0.4, 0.5) is 5.82 Å². The van der Waals surface area contributed by atoms with Crippen molar-refractivity contribution in [3.05, 3.63) is 48.6 Å². The number of hydrogen-bond donors (Lipinski definition) is 2. The second kappa shape index (κ2) is 10.7. The molecule has 2 N–H and O–H groups in total. The first kappa shape index (κ1) is 23.2. The summed E-state index contributed by atoms with van der Waals surface area (Å²) in [7, 11) is 3.95. The summed E-state index contributed by atoms with van der Waals surface area (Å²) in [5.74, 6) is -0.684. The summed E-state index contributed by atoms with van der Waals surface area (Å²) in [4.78, 5) is 24.1. The van der Waals surface area contributed by atoms with Gasteiger partial charge in [-0.25, -0.2) is 9.59 Å². The van der Waals surface area contributed by atoms with Crippen molar-refractivity contribution in [2.24, 2.45) is 0 Å². The Hall–Kier alpha value is -3.46. The molecule has 9 heteroatoms. The SMILES string of the molecule is COc1cccc(-c2ccc(N3CC4CCCC(C3)N4C)nn2)c1.O=C(O)/C=C/C(=O)O. The van der Waals surface area contributed by atoms with Gasteiger partial charge >= 0.3 is 11.9 Å². The van der Waals surface area contributed by atoms with Crippen molar-refractivity contribution in [2.45, 2.75) is 31.3 Å². The lowest BCUT2D eigenvalue weighted by atomic mass is 9.92. The highest BCUT2D eigenvalue weighted by molar-refractivity contribution is 5.89. The van der Waals surface area contributed by atoms with Gasteiger partial charge in [0.15, 0.2) is 5.82 Å². The Balaban J connectivity index is 0.000000312. The summed E-state index contributed by atoms with van der Waals surface area (Å²) >= 11 is 0. The number of methoxy groups -OCH3 is 1. The van der Waals surface area contributed by atoms with Gasteiger partial charge in [0, 0.05) is 42.9 Å². The quantitative estimate of drug-likeness (QED) is 0.677. The van der Waals surface area contributed by atoms with E-state index in [9.17, 15) is 9.59 Å². The van der Waals surface area contributed by atoms with Crippen molar-refractivity contribution >= 4 is 17.8 Å². The Labute approximate surface area is 186 Å². The number of piperidine rings is 1. The van der Waals surface area contributed by atoms with Crippen LogP contribution in [0.25, 0.3) is 11.3 Å². The van der Waals surface area contributed by atoms with Crippen molar-refractivity contribution in [1.29, 1.82) is 0 Å². The summed E-state index contributed by atoms with van der Waals surface area (Å²) in [6, 6.07) is 13.4. The molecule has 2 aliphatic rings. The van der Waals surface area contributed by atoms with E-state index in [1.807, 2.05) is 24.3 Å². The summed E-state index contributed by atoms with van der Waals surface area (Å²) < 4.78 is 5.29. The smallest absolute Gasteiger partial charge is 0.328 e. The number of fused-ring (bicyclic) bond motifs is 2. The second-order valence-corrected chi connectivity index (χ2v) is 7.83. The molecule has 2 bridgehead atoms. The molecule has 2 unspecified atom stereocenters. The first-order valence-corrected chi connectivity index (χ1v) is 10.5. The van der Waals surface area contributed by atoms with Gasteiger partial charge in [-0.15, -0.1) is 10.2 Å². The van der Waals surface area contributed by atoms with Crippen molar-refractivity contribution < 1.29 is 24.5 Å². The lowest BCUT2D eigenvalue weighted by Crippen LogP contribution is -2.59. The van der Waals surface area contributed by atoms with Gasteiger partial charge < -0.3 is 19.8 Å². The number of anilines is 1. The van der Waals surface area contributed by atoms with E-state index in [2.05, 4.69) is 39.2 Å². The molecule has 2 saturated heterocycles. The number of carboxylic acid groups (broad SMARTS) is 2. The number of carboxylic acids is 2. The molecule has 2 aromatic rings.